The fraction of sp³-hybridized carbons (Fsp3) is 0.235. The summed E-state index contributed by atoms with van der Waals surface area (Å²) in [6, 6.07) is 16.0. The van der Waals surface area contributed by atoms with Gasteiger partial charge in [0, 0.05) is 5.69 Å². The van der Waals surface area contributed by atoms with E-state index in [1.165, 1.54) is 5.56 Å². The van der Waals surface area contributed by atoms with Gasteiger partial charge in [-0.05, 0) is 41.8 Å². The van der Waals surface area contributed by atoms with Crippen molar-refractivity contribution in [1.29, 1.82) is 0 Å². The van der Waals surface area contributed by atoms with E-state index in [1.807, 2.05) is 36.4 Å². The standard InChI is InChI=1S/C17H21N3O/c1-3-13-4-8-15(9-5-13)20-17(18)19-12-14-6-10-16(21-2)11-7-14/h4-11H,3,12H2,1-2H3,(H3,18,19,20). The number of nitrogens with one attached hydrogen (secondary N) is 1. The molecule has 110 valence electrons. The minimum Gasteiger partial charge on any atom is -0.497 e. The van der Waals surface area contributed by atoms with Gasteiger partial charge in [0.1, 0.15) is 5.75 Å². The molecule has 0 saturated heterocycles. The second-order valence-electron chi connectivity index (χ2n) is 4.73. The second-order valence-corrected chi connectivity index (χ2v) is 4.73. The summed E-state index contributed by atoms with van der Waals surface area (Å²) >= 11 is 0. The van der Waals surface area contributed by atoms with Crippen molar-refractivity contribution in [3.05, 3.63) is 59.7 Å². The molecule has 4 nitrogen and oxygen atoms in total. The maximum Gasteiger partial charge on any atom is 0.193 e. The highest BCUT2D eigenvalue weighted by Crippen LogP contribution is 2.12. The third-order valence-corrected chi connectivity index (χ3v) is 3.23. The van der Waals surface area contributed by atoms with Gasteiger partial charge in [-0.25, -0.2) is 4.99 Å². The number of aliphatic imine (C=N–C) groups is 1. The Kier molecular flexibility index (Phi) is 5.21. The summed E-state index contributed by atoms with van der Waals surface area (Å²) in [6.45, 7) is 2.67. The van der Waals surface area contributed by atoms with Crippen molar-refractivity contribution in [2.75, 3.05) is 12.4 Å². The minimum atomic E-state index is 0.412. The number of hydrogen-bond acceptors (Lipinski definition) is 2. The van der Waals surface area contributed by atoms with Crippen LogP contribution in [0.1, 0.15) is 18.1 Å². The lowest BCUT2D eigenvalue weighted by Crippen LogP contribution is -2.22. The molecule has 2 aromatic rings. The highest BCUT2D eigenvalue weighted by atomic mass is 16.5. The van der Waals surface area contributed by atoms with Crippen LogP contribution in [-0.2, 0) is 13.0 Å². The summed E-state index contributed by atoms with van der Waals surface area (Å²) < 4.78 is 5.12. The van der Waals surface area contributed by atoms with Crippen molar-refractivity contribution in [2.45, 2.75) is 19.9 Å². The van der Waals surface area contributed by atoms with Gasteiger partial charge in [-0.2, -0.15) is 0 Å². The summed E-state index contributed by atoms with van der Waals surface area (Å²) in [5.41, 5.74) is 9.23. The maximum absolute atomic E-state index is 5.89. The number of nitrogens with zero attached hydrogens (tertiary/aromatic N) is 1. The van der Waals surface area contributed by atoms with Crippen molar-refractivity contribution in [3.63, 3.8) is 0 Å². The van der Waals surface area contributed by atoms with Crippen LogP contribution in [0.15, 0.2) is 53.5 Å². The molecular weight excluding hydrogens is 262 g/mol. The van der Waals surface area contributed by atoms with Gasteiger partial charge in [-0.15, -0.1) is 0 Å². The van der Waals surface area contributed by atoms with E-state index in [9.17, 15) is 0 Å². The SMILES string of the molecule is CCc1ccc(NC(N)=NCc2ccc(OC)cc2)cc1. The number of anilines is 1. The van der Waals surface area contributed by atoms with Gasteiger partial charge in [0.05, 0.1) is 13.7 Å². The van der Waals surface area contributed by atoms with Crippen LogP contribution >= 0.6 is 0 Å². The van der Waals surface area contributed by atoms with Gasteiger partial charge in [-0.1, -0.05) is 31.2 Å². The molecule has 0 bridgehead atoms. The van der Waals surface area contributed by atoms with Crippen LogP contribution in [0.5, 0.6) is 5.75 Å². The topological polar surface area (TPSA) is 59.6 Å². The Hall–Kier alpha value is -2.49. The minimum absolute atomic E-state index is 0.412. The smallest absolute Gasteiger partial charge is 0.193 e. The molecule has 0 atom stereocenters. The average molecular weight is 283 g/mol. The first-order valence-corrected chi connectivity index (χ1v) is 7.00. The van der Waals surface area contributed by atoms with E-state index in [1.54, 1.807) is 7.11 Å². The predicted octanol–water partition coefficient (Wildman–Crippen LogP) is 3.18. The number of benzene rings is 2. The molecule has 0 spiro atoms. The number of guanidine groups is 1. The van der Waals surface area contributed by atoms with Gasteiger partial charge in [0.25, 0.3) is 0 Å². The number of hydrogen-bond donors (Lipinski definition) is 2. The van der Waals surface area contributed by atoms with Crippen LogP contribution in [0.2, 0.25) is 0 Å². The van der Waals surface area contributed by atoms with Gasteiger partial charge in [0.15, 0.2) is 5.96 Å². The number of rotatable bonds is 5. The predicted molar refractivity (Wildman–Crippen MR) is 87.8 cm³/mol. The molecule has 21 heavy (non-hydrogen) atoms. The van der Waals surface area contributed by atoms with Crippen molar-refractivity contribution < 1.29 is 4.74 Å². The first-order chi connectivity index (χ1) is 10.2. The van der Waals surface area contributed by atoms with E-state index in [0.717, 1.165) is 23.4 Å². The monoisotopic (exact) mass is 283 g/mol. The van der Waals surface area contributed by atoms with E-state index < -0.39 is 0 Å². The fourth-order valence-corrected chi connectivity index (χ4v) is 1.92. The van der Waals surface area contributed by atoms with Gasteiger partial charge < -0.3 is 15.8 Å². The average Bonchev–Trinajstić information content (AvgIpc) is 2.54. The molecule has 0 unspecified atom stereocenters. The zero-order valence-electron chi connectivity index (χ0n) is 12.5. The molecule has 3 N–H and O–H groups in total. The van der Waals surface area contributed by atoms with Crippen molar-refractivity contribution >= 4 is 11.6 Å². The highest BCUT2D eigenvalue weighted by Gasteiger charge is 1.97. The first kappa shape index (κ1) is 14.9. The maximum atomic E-state index is 5.89. The molecule has 2 rings (SSSR count). The van der Waals surface area contributed by atoms with E-state index in [0.29, 0.717) is 12.5 Å². The molecule has 0 radical (unpaired) electrons. The molecule has 0 aromatic heterocycles. The van der Waals surface area contributed by atoms with Crippen molar-refractivity contribution in [2.24, 2.45) is 10.7 Å². The fourth-order valence-electron chi connectivity index (χ4n) is 1.92. The molecule has 0 aliphatic carbocycles. The van der Waals surface area contributed by atoms with Gasteiger partial charge in [0.2, 0.25) is 0 Å². The summed E-state index contributed by atoms with van der Waals surface area (Å²) in [7, 11) is 1.65. The molecule has 0 heterocycles. The Morgan fingerprint density at radius 3 is 2.24 bits per heavy atom. The Labute approximate surface area is 125 Å². The zero-order valence-corrected chi connectivity index (χ0v) is 12.5. The molecule has 4 heteroatoms. The number of aryl methyl sites for hydroxylation is 1. The lowest BCUT2D eigenvalue weighted by molar-refractivity contribution is 0.414. The molecule has 0 aliphatic rings. The third-order valence-electron chi connectivity index (χ3n) is 3.23. The second kappa shape index (κ2) is 7.33. The molecule has 2 aromatic carbocycles. The summed E-state index contributed by atoms with van der Waals surface area (Å²) in [5, 5.41) is 3.09. The van der Waals surface area contributed by atoms with Gasteiger partial charge in [-0.3, -0.25) is 0 Å². The van der Waals surface area contributed by atoms with Crippen molar-refractivity contribution in [1.82, 2.24) is 0 Å². The molecule has 0 fully saturated rings. The first-order valence-electron chi connectivity index (χ1n) is 7.00. The van der Waals surface area contributed by atoms with Crippen LogP contribution in [0.3, 0.4) is 0 Å². The molecule has 0 amide bonds. The Balaban J connectivity index is 1.93. The summed E-state index contributed by atoms with van der Waals surface area (Å²) in [6.07, 6.45) is 1.03. The molecular formula is C17H21N3O. The van der Waals surface area contributed by atoms with Crippen LogP contribution in [0.25, 0.3) is 0 Å². The van der Waals surface area contributed by atoms with E-state index in [-0.39, 0.29) is 0 Å². The van der Waals surface area contributed by atoms with Crippen molar-refractivity contribution in [3.8, 4) is 5.75 Å². The zero-order chi connectivity index (χ0) is 15.1. The Bertz CT molecular complexity index is 588. The molecule has 0 saturated carbocycles. The Morgan fingerprint density at radius 1 is 1.05 bits per heavy atom. The van der Waals surface area contributed by atoms with Crippen LogP contribution in [0, 0.1) is 0 Å². The van der Waals surface area contributed by atoms with Crippen LogP contribution < -0.4 is 15.8 Å². The van der Waals surface area contributed by atoms with Gasteiger partial charge >= 0.3 is 0 Å². The highest BCUT2D eigenvalue weighted by molar-refractivity contribution is 5.92. The number of methoxy groups -OCH3 is 1. The Morgan fingerprint density at radius 2 is 1.67 bits per heavy atom. The van der Waals surface area contributed by atoms with E-state index in [2.05, 4.69) is 29.4 Å². The number of ether oxygens (including phenoxy) is 1. The largest absolute Gasteiger partial charge is 0.497 e. The lowest BCUT2D eigenvalue weighted by Gasteiger charge is -2.07. The van der Waals surface area contributed by atoms with E-state index >= 15 is 0 Å². The summed E-state index contributed by atoms with van der Waals surface area (Å²) in [4.78, 5) is 4.33. The summed E-state index contributed by atoms with van der Waals surface area (Å²) in [5.74, 6) is 1.25. The van der Waals surface area contributed by atoms with Crippen LogP contribution in [-0.4, -0.2) is 13.1 Å². The van der Waals surface area contributed by atoms with Crippen LogP contribution in [0.4, 0.5) is 5.69 Å². The quantitative estimate of drug-likeness (QED) is 0.654. The number of nitrogens with two attached hydrogens (primary N) is 1. The lowest BCUT2D eigenvalue weighted by atomic mass is 10.1. The third kappa shape index (κ3) is 4.53. The molecule has 0 aliphatic heterocycles. The normalized spacial score (nSPS) is 11.2. The van der Waals surface area contributed by atoms with E-state index in [4.69, 9.17) is 10.5 Å².